The Labute approximate surface area is 141 Å². The first-order valence-corrected chi connectivity index (χ1v) is 9.87. The van der Waals surface area contributed by atoms with E-state index in [1.165, 1.54) is 5.56 Å². The molecule has 3 rings (SSSR count). The van der Waals surface area contributed by atoms with Gasteiger partial charge in [0.15, 0.2) is 15.5 Å². The highest BCUT2D eigenvalue weighted by molar-refractivity contribution is 7.91. The molecule has 0 spiro atoms. The van der Waals surface area contributed by atoms with Crippen LogP contribution in [0.5, 0.6) is 0 Å². The van der Waals surface area contributed by atoms with E-state index in [-0.39, 0.29) is 23.5 Å². The first kappa shape index (κ1) is 16.7. The Morgan fingerprint density at radius 2 is 2.04 bits per heavy atom. The number of carbonyl (C=O) groups is 1. The molecule has 1 amide bonds. The van der Waals surface area contributed by atoms with Crippen LogP contribution in [0.3, 0.4) is 0 Å². The van der Waals surface area contributed by atoms with Gasteiger partial charge in [0.2, 0.25) is 0 Å². The van der Waals surface area contributed by atoms with Crippen LogP contribution >= 0.6 is 0 Å². The molecule has 0 radical (unpaired) electrons. The molecular formula is C17H21N3O3S. The number of benzene rings is 1. The lowest BCUT2D eigenvalue weighted by molar-refractivity contribution is 0.102. The zero-order valence-corrected chi connectivity index (χ0v) is 14.6. The Balaban J connectivity index is 1.75. The monoisotopic (exact) mass is 347 g/mol. The second-order valence-electron chi connectivity index (χ2n) is 6.18. The first-order chi connectivity index (χ1) is 11.4. The van der Waals surface area contributed by atoms with Gasteiger partial charge in [0.25, 0.3) is 5.91 Å². The van der Waals surface area contributed by atoms with Gasteiger partial charge in [-0.1, -0.05) is 19.1 Å². The number of carbonyl (C=O) groups excluding carboxylic acids is 1. The van der Waals surface area contributed by atoms with Gasteiger partial charge < -0.3 is 5.32 Å². The normalized spacial score (nSPS) is 19.3. The van der Waals surface area contributed by atoms with Crippen LogP contribution in [0.15, 0.2) is 30.3 Å². The molecule has 1 aliphatic rings. The second kappa shape index (κ2) is 6.39. The van der Waals surface area contributed by atoms with E-state index in [0.29, 0.717) is 17.8 Å². The summed E-state index contributed by atoms with van der Waals surface area (Å²) in [6, 6.07) is 9.20. The number of hydrogen-bond acceptors (Lipinski definition) is 4. The van der Waals surface area contributed by atoms with E-state index in [2.05, 4.69) is 17.3 Å². The predicted molar refractivity (Wildman–Crippen MR) is 93.0 cm³/mol. The van der Waals surface area contributed by atoms with Gasteiger partial charge in [-0.15, -0.1) is 0 Å². The van der Waals surface area contributed by atoms with Crippen molar-refractivity contribution in [3.05, 3.63) is 47.3 Å². The van der Waals surface area contributed by atoms with Gasteiger partial charge >= 0.3 is 0 Å². The van der Waals surface area contributed by atoms with Gasteiger partial charge in [-0.2, -0.15) is 5.10 Å². The number of hydrogen-bond donors (Lipinski definition) is 1. The van der Waals surface area contributed by atoms with Gasteiger partial charge in [-0.3, -0.25) is 9.48 Å². The Morgan fingerprint density at radius 1 is 1.33 bits per heavy atom. The summed E-state index contributed by atoms with van der Waals surface area (Å²) >= 11 is 0. The molecule has 1 unspecified atom stereocenters. The van der Waals surface area contributed by atoms with Crippen molar-refractivity contribution in [1.29, 1.82) is 0 Å². The highest BCUT2D eigenvalue weighted by atomic mass is 32.2. The molecule has 2 heterocycles. The summed E-state index contributed by atoms with van der Waals surface area (Å²) in [5.74, 6) is -0.0147. The largest absolute Gasteiger partial charge is 0.321 e. The maximum Gasteiger partial charge on any atom is 0.276 e. The number of rotatable bonds is 4. The maximum atomic E-state index is 12.4. The van der Waals surface area contributed by atoms with Gasteiger partial charge in [0, 0.05) is 11.4 Å². The lowest BCUT2D eigenvalue weighted by atomic mass is 10.1. The molecule has 2 aromatic rings. The van der Waals surface area contributed by atoms with Crippen molar-refractivity contribution in [2.45, 2.75) is 32.7 Å². The summed E-state index contributed by atoms with van der Waals surface area (Å²) in [6.07, 6.45) is 1.49. The van der Waals surface area contributed by atoms with Crippen molar-refractivity contribution in [3.63, 3.8) is 0 Å². The molecule has 1 aromatic heterocycles. The van der Waals surface area contributed by atoms with Crippen molar-refractivity contribution in [2.24, 2.45) is 0 Å². The Hall–Kier alpha value is -2.15. The van der Waals surface area contributed by atoms with Gasteiger partial charge in [-0.25, -0.2) is 8.42 Å². The zero-order valence-electron chi connectivity index (χ0n) is 13.8. The molecule has 1 aliphatic heterocycles. The minimum Gasteiger partial charge on any atom is -0.321 e. The number of nitrogens with one attached hydrogen (secondary N) is 1. The molecule has 7 heteroatoms. The quantitative estimate of drug-likeness (QED) is 0.920. The van der Waals surface area contributed by atoms with E-state index < -0.39 is 9.84 Å². The number of anilines is 1. The average molecular weight is 347 g/mol. The number of nitrogens with zero attached hydrogens (tertiary/aromatic N) is 2. The van der Waals surface area contributed by atoms with E-state index in [1.54, 1.807) is 10.7 Å². The first-order valence-electron chi connectivity index (χ1n) is 8.05. The van der Waals surface area contributed by atoms with Crippen molar-refractivity contribution < 1.29 is 13.2 Å². The molecule has 1 fully saturated rings. The van der Waals surface area contributed by atoms with Crippen molar-refractivity contribution in [2.75, 3.05) is 16.8 Å². The highest BCUT2D eigenvalue weighted by Crippen LogP contribution is 2.25. The number of aryl methyl sites for hydroxylation is 2. The molecular weight excluding hydrogens is 326 g/mol. The number of amides is 1. The lowest BCUT2D eigenvalue weighted by Gasteiger charge is -2.10. The van der Waals surface area contributed by atoms with E-state index in [9.17, 15) is 13.2 Å². The van der Waals surface area contributed by atoms with Crippen molar-refractivity contribution in [1.82, 2.24) is 9.78 Å². The van der Waals surface area contributed by atoms with E-state index in [0.717, 1.165) is 12.1 Å². The smallest absolute Gasteiger partial charge is 0.276 e. The number of sulfone groups is 1. The van der Waals surface area contributed by atoms with E-state index >= 15 is 0 Å². The van der Waals surface area contributed by atoms with Gasteiger partial charge in [-0.05, 0) is 43.5 Å². The topological polar surface area (TPSA) is 81.1 Å². The Kier molecular flexibility index (Phi) is 4.45. The molecule has 128 valence electrons. The molecule has 24 heavy (non-hydrogen) atoms. The fourth-order valence-corrected chi connectivity index (χ4v) is 4.65. The lowest BCUT2D eigenvalue weighted by Crippen LogP contribution is -2.16. The molecule has 0 aliphatic carbocycles. The standard InChI is InChI=1S/C17H21N3O3S/c1-3-13-4-6-14(7-5-13)18-17(21)16-10-12(2)20(19-16)15-8-9-24(22,23)11-15/h4-7,10,15H,3,8-9,11H2,1-2H3,(H,18,21). The van der Waals surface area contributed by atoms with Crippen LogP contribution in [0.25, 0.3) is 0 Å². The van der Waals surface area contributed by atoms with Crippen LogP contribution in [-0.4, -0.2) is 35.6 Å². The summed E-state index contributed by atoms with van der Waals surface area (Å²) in [7, 11) is -2.99. The third-order valence-corrected chi connectivity index (χ3v) is 6.08. The molecule has 1 N–H and O–H groups in total. The van der Waals surface area contributed by atoms with Crippen molar-refractivity contribution in [3.8, 4) is 0 Å². The fourth-order valence-electron chi connectivity index (χ4n) is 2.96. The fraction of sp³-hybridized carbons (Fsp3) is 0.412. The Bertz CT molecular complexity index is 854. The van der Waals surface area contributed by atoms with Crippen LogP contribution in [0.4, 0.5) is 5.69 Å². The summed E-state index contributed by atoms with van der Waals surface area (Å²) in [6.45, 7) is 3.91. The molecule has 1 atom stereocenters. The summed E-state index contributed by atoms with van der Waals surface area (Å²) in [5.41, 5.74) is 3.02. The second-order valence-corrected chi connectivity index (χ2v) is 8.41. The maximum absolute atomic E-state index is 12.4. The zero-order chi connectivity index (χ0) is 17.3. The van der Waals surface area contributed by atoms with E-state index in [1.807, 2.05) is 31.2 Å². The van der Waals surface area contributed by atoms with Crippen LogP contribution in [0.2, 0.25) is 0 Å². The highest BCUT2D eigenvalue weighted by Gasteiger charge is 2.31. The summed E-state index contributed by atoms with van der Waals surface area (Å²) in [5, 5.41) is 7.15. The van der Waals surface area contributed by atoms with Crippen molar-refractivity contribution >= 4 is 21.4 Å². The van der Waals surface area contributed by atoms with Crippen LogP contribution in [0.1, 0.15) is 41.1 Å². The molecule has 1 saturated heterocycles. The van der Waals surface area contributed by atoms with Gasteiger partial charge in [0.05, 0.1) is 17.5 Å². The predicted octanol–water partition coefficient (Wildman–Crippen LogP) is 2.37. The summed E-state index contributed by atoms with van der Waals surface area (Å²) in [4.78, 5) is 12.4. The average Bonchev–Trinajstić information content (AvgIpc) is 3.10. The molecule has 6 nitrogen and oxygen atoms in total. The SMILES string of the molecule is CCc1ccc(NC(=O)c2cc(C)n(C3CCS(=O)(=O)C3)n2)cc1. The molecule has 0 saturated carbocycles. The van der Waals surface area contributed by atoms with Crippen LogP contribution in [0, 0.1) is 6.92 Å². The van der Waals surface area contributed by atoms with Crippen LogP contribution in [-0.2, 0) is 16.3 Å². The summed E-state index contributed by atoms with van der Waals surface area (Å²) < 4.78 is 24.9. The minimum absolute atomic E-state index is 0.0923. The number of aromatic nitrogens is 2. The third-order valence-electron chi connectivity index (χ3n) is 4.33. The third kappa shape index (κ3) is 3.51. The van der Waals surface area contributed by atoms with Gasteiger partial charge in [0.1, 0.15) is 0 Å². The van der Waals surface area contributed by atoms with E-state index in [4.69, 9.17) is 0 Å². The molecule has 1 aromatic carbocycles. The Morgan fingerprint density at radius 3 is 2.62 bits per heavy atom. The van der Waals surface area contributed by atoms with Crippen LogP contribution < -0.4 is 5.32 Å². The molecule has 0 bridgehead atoms. The minimum atomic E-state index is -2.99.